The number of aryl methyl sites for hydroxylation is 2. The van der Waals surface area contributed by atoms with Crippen LogP contribution in [0.15, 0.2) is 30.3 Å². The van der Waals surface area contributed by atoms with E-state index in [0.717, 1.165) is 68.0 Å². The van der Waals surface area contributed by atoms with E-state index in [1.54, 1.807) is 0 Å². The Labute approximate surface area is 190 Å². The van der Waals surface area contributed by atoms with Gasteiger partial charge in [0, 0.05) is 17.9 Å². The topological polar surface area (TPSA) is 70.5 Å². The second-order valence-corrected chi connectivity index (χ2v) is 9.16. The predicted octanol–water partition coefficient (Wildman–Crippen LogP) is 3.68. The van der Waals surface area contributed by atoms with Gasteiger partial charge in [0.05, 0.1) is 17.9 Å². The van der Waals surface area contributed by atoms with Crippen LogP contribution in [0.4, 0.5) is 5.69 Å². The molecule has 2 saturated heterocycles. The first kappa shape index (κ1) is 22.5. The van der Waals surface area contributed by atoms with Crippen molar-refractivity contribution in [2.75, 3.05) is 31.5 Å². The number of anilines is 1. The van der Waals surface area contributed by atoms with Crippen molar-refractivity contribution in [1.82, 2.24) is 19.6 Å². The molecule has 1 aromatic carbocycles. The largest absolute Gasteiger partial charge is 0.330 e. The van der Waals surface area contributed by atoms with Gasteiger partial charge >= 0.3 is 0 Å². The van der Waals surface area contributed by atoms with Crippen molar-refractivity contribution < 1.29 is 9.59 Å². The smallest absolute Gasteiger partial charge is 0.247 e. The number of hydrogen-bond donors (Lipinski definition) is 1. The van der Waals surface area contributed by atoms with E-state index in [2.05, 4.69) is 15.3 Å². The molecule has 1 atom stereocenters. The Hall–Kier alpha value is -2.67. The van der Waals surface area contributed by atoms with Gasteiger partial charge in [-0.3, -0.25) is 14.5 Å². The molecule has 0 bridgehead atoms. The first-order valence-electron chi connectivity index (χ1n) is 12.0. The summed E-state index contributed by atoms with van der Waals surface area (Å²) in [6.07, 6.45) is 7.47. The lowest BCUT2D eigenvalue weighted by Crippen LogP contribution is -2.52. The van der Waals surface area contributed by atoms with E-state index in [1.807, 2.05) is 53.8 Å². The van der Waals surface area contributed by atoms with E-state index in [0.29, 0.717) is 13.1 Å². The molecule has 2 aliphatic rings. The van der Waals surface area contributed by atoms with Crippen molar-refractivity contribution in [2.24, 2.45) is 0 Å². The van der Waals surface area contributed by atoms with Crippen molar-refractivity contribution in [1.29, 1.82) is 0 Å². The molecule has 172 valence electrons. The zero-order valence-corrected chi connectivity index (χ0v) is 19.3. The molecule has 2 fully saturated rings. The quantitative estimate of drug-likeness (QED) is 0.775. The summed E-state index contributed by atoms with van der Waals surface area (Å²) in [4.78, 5) is 30.3. The number of aromatic nitrogens is 2. The monoisotopic (exact) mass is 437 g/mol. The van der Waals surface area contributed by atoms with Gasteiger partial charge in [0.2, 0.25) is 11.8 Å². The Bertz CT molecular complexity index is 928. The van der Waals surface area contributed by atoms with Gasteiger partial charge in [0.25, 0.3) is 0 Å². The van der Waals surface area contributed by atoms with Crippen LogP contribution in [0.1, 0.15) is 56.3 Å². The number of likely N-dealkylation sites (tertiary alicyclic amines) is 2. The normalized spacial score (nSPS) is 20.1. The van der Waals surface area contributed by atoms with E-state index in [-0.39, 0.29) is 17.9 Å². The number of hydrogen-bond acceptors (Lipinski definition) is 4. The third kappa shape index (κ3) is 5.38. The molecule has 1 aromatic heterocycles. The number of carbonyl (C=O) groups excluding carboxylic acids is 2. The lowest BCUT2D eigenvalue weighted by molar-refractivity contribution is -0.141. The Morgan fingerprint density at radius 3 is 2.31 bits per heavy atom. The first-order chi connectivity index (χ1) is 15.5. The number of carbonyl (C=O) groups is 2. The van der Waals surface area contributed by atoms with Crippen molar-refractivity contribution in [2.45, 2.75) is 64.8 Å². The van der Waals surface area contributed by atoms with Crippen LogP contribution < -0.4 is 5.32 Å². The van der Waals surface area contributed by atoms with Crippen LogP contribution in [0.3, 0.4) is 0 Å². The third-order valence-electron chi connectivity index (χ3n) is 6.57. The van der Waals surface area contributed by atoms with Crippen LogP contribution in [0.2, 0.25) is 0 Å². The highest BCUT2D eigenvalue weighted by Crippen LogP contribution is 2.21. The molecule has 2 aliphatic heterocycles. The standard InChI is InChI=1S/C25H35N5O2/c1-19-17-20(2)30(27-19)22-12-10-21(11-13-22)26-25(32)23-9-5-8-16-29(23)24(31)18-28-14-6-3-4-7-15-28/h10-13,17,23H,3-9,14-16,18H2,1-2H3,(H,26,32). The van der Waals surface area contributed by atoms with Crippen molar-refractivity contribution in [3.05, 3.63) is 41.7 Å². The maximum absolute atomic E-state index is 13.1. The molecule has 1 N–H and O–H groups in total. The summed E-state index contributed by atoms with van der Waals surface area (Å²) in [5.41, 5.74) is 3.74. The SMILES string of the molecule is Cc1cc(C)n(-c2ccc(NC(=O)C3CCCCN3C(=O)CN3CCCCCC3)cc2)n1. The lowest BCUT2D eigenvalue weighted by Gasteiger charge is -2.36. The summed E-state index contributed by atoms with van der Waals surface area (Å²) in [6.45, 7) is 7.07. The summed E-state index contributed by atoms with van der Waals surface area (Å²) < 4.78 is 1.89. The minimum atomic E-state index is -0.390. The second-order valence-electron chi connectivity index (χ2n) is 9.16. The molecule has 2 amide bonds. The van der Waals surface area contributed by atoms with Crippen LogP contribution in [-0.2, 0) is 9.59 Å². The summed E-state index contributed by atoms with van der Waals surface area (Å²) in [6, 6.07) is 9.36. The van der Waals surface area contributed by atoms with Crippen molar-refractivity contribution in [3.8, 4) is 5.69 Å². The molecule has 7 nitrogen and oxygen atoms in total. The minimum Gasteiger partial charge on any atom is -0.330 e. The molecule has 7 heteroatoms. The van der Waals surface area contributed by atoms with Gasteiger partial charge in [-0.1, -0.05) is 12.8 Å². The average Bonchev–Trinajstić information content (AvgIpc) is 2.97. The minimum absolute atomic E-state index is 0.0895. The highest BCUT2D eigenvalue weighted by Gasteiger charge is 2.32. The fourth-order valence-corrected chi connectivity index (χ4v) is 4.88. The molecule has 0 saturated carbocycles. The highest BCUT2D eigenvalue weighted by molar-refractivity contribution is 5.97. The fraction of sp³-hybridized carbons (Fsp3) is 0.560. The Kier molecular flexibility index (Phi) is 7.25. The molecule has 0 aliphatic carbocycles. The maximum atomic E-state index is 13.1. The third-order valence-corrected chi connectivity index (χ3v) is 6.57. The Morgan fingerprint density at radius 2 is 1.66 bits per heavy atom. The van der Waals surface area contributed by atoms with Crippen LogP contribution in [0.5, 0.6) is 0 Å². The zero-order valence-electron chi connectivity index (χ0n) is 19.3. The fourth-order valence-electron chi connectivity index (χ4n) is 4.88. The first-order valence-corrected chi connectivity index (χ1v) is 12.0. The van der Waals surface area contributed by atoms with Crippen molar-refractivity contribution >= 4 is 17.5 Å². The Morgan fingerprint density at radius 1 is 0.969 bits per heavy atom. The summed E-state index contributed by atoms with van der Waals surface area (Å²) in [5.74, 6) is -0.000550. The number of nitrogens with zero attached hydrogens (tertiary/aromatic N) is 4. The van der Waals surface area contributed by atoms with Gasteiger partial charge in [-0.2, -0.15) is 5.10 Å². The van der Waals surface area contributed by atoms with Crippen LogP contribution in [-0.4, -0.2) is 63.6 Å². The van der Waals surface area contributed by atoms with Gasteiger partial charge in [-0.25, -0.2) is 4.68 Å². The lowest BCUT2D eigenvalue weighted by atomic mass is 10.0. The molecule has 0 spiro atoms. The highest BCUT2D eigenvalue weighted by atomic mass is 16.2. The van der Waals surface area contributed by atoms with E-state index >= 15 is 0 Å². The number of rotatable bonds is 5. The molecule has 32 heavy (non-hydrogen) atoms. The molecule has 0 radical (unpaired) electrons. The molecular formula is C25H35N5O2. The number of piperidine rings is 1. The summed E-state index contributed by atoms with van der Waals surface area (Å²) >= 11 is 0. The van der Waals surface area contributed by atoms with Crippen LogP contribution >= 0.6 is 0 Å². The zero-order chi connectivity index (χ0) is 22.5. The predicted molar refractivity (Wildman–Crippen MR) is 126 cm³/mol. The number of amides is 2. The molecule has 4 rings (SSSR count). The number of nitrogens with one attached hydrogen (secondary N) is 1. The van der Waals surface area contributed by atoms with Gasteiger partial charge in [-0.05, 0) is 89.4 Å². The van der Waals surface area contributed by atoms with Gasteiger partial charge in [0.1, 0.15) is 6.04 Å². The van der Waals surface area contributed by atoms with Gasteiger partial charge in [-0.15, -0.1) is 0 Å². The second kappa shape index (κ2) is 10.3. The van der Waals surface area contributed by atoms with E-state index in [1.165, 1.54) is 12.8 Å². The van der Waals surface area contributed by atoms with E-state index in [4.69, 9.17) is 0 Å². The van der Waals surface area contributed by atoms with Crippen LogP contribution in [0, 0.1) is 13.8 Å². The maximum Gasteiger partial charge on any atom is 0.247 e. The van der Waals surface area contributed by atoms with E-state index < -0.39 is 0 Å². The van der Waals surface area contributed by atoms with Crippen molar-refractivity contribution in [3.63, 3.8) is 0 Å². The molecule has 2 aromatic rings. The number of benzene rings is 1. The molecule has 3 heterocycles. The molecule has 1 unspecified atom stereocenters. The summed E-state index contributed by atoms with van der Waals surface area (Å²) in [5, 5.41) is 7.54. The van der Waals surface area contributed by atoms with Gasteiger partial charge < -0.3 is 10.2 Å². The van der Waals surface area contributed by atoms with Gasteiger partial charge in [0.15, 0.2) is 0 Å². The Balaban J connectivity index is 1.39. The summed E-state index contributed by atoms with van der Waals surface area (Å²) in [7, 11) is 0. The van der Waals surface area contributed by atoms with E-state index in [9.17, 15) is 9.59 Å². The van der Waals surface area contributed by atoms with Crippen LogP contribution in [0.25, 0.3) is 5.69 Å². The molecular weight excluding hydrogens is 402 g/mol. The average molecular weight is 438 g/mol.